The van der Waals surface area contributed by atoms with E-state index in [2.05, 4.69) is 12.1 Å². The molecule has 1 aliphatic rings. The minimum absolute atomic E-state index is 0.0721. The standard InChI is InChI=1S/C19H24N2O4/c1-13-8-10-21(11-9-13)19(22)18-17(14(2)25-20-18)12-24-16-6-4-15(23-3)5-7-16/h4-7,13H,8-12H2,1-3H3. The van der Waals surface area contributed by atoms with Crippen LogP contribution in [-0.2, 0) is 6.61 Å². The number of ether oxygens (including phenoxy) is 2. The summed E-state index contributed by atoms with van der Waals surface area (Å²) in [7, 11) is 1.62. The minimum Gasteiger partial charge on any atom is -0.497 e. The maximum absolute atomic E-state index is 12.8. The van der Waals surface area contributed by atoms with Crippen molar-refractivity contribution >= 4 is 5.91 Å². The van der Waals surface area contributed by atoms with E-state index in [1.54, 1.807) is 14.0 Å². The molecule has 0 radical (unpaired) electrons. The summed E-state index contributed by atoms with van der Waals surface area (Å²) in [4.78, 5) is 14.6. The van der Waals surface area contributed by atoms with E-state index < -0.39 is 0 Å². The molecule has 1 fully saturated rings. The summed E-state index contributed by atoms with van der Waals surface area (Å²) in [5.41, 5.74) is 1.07. The first kappa shape index (κ1) is 17.3. The summed E-state index contributed by atoms with van der Waals surface area (Å²) < 4.78 is 16.2. The van der Waals surface area contributed by atoms with Crippen LogP contribution in [0.2, 0.25) is 0 Å². The lowest BCUT2D eigenvalue weighted by molar-refractivity contribution is 0.0684. The molecule has 25 heavy (non-hydrogen) atoms. The number of carbonyl (C=O) groups is 1. The van der Waals surface area contributed by atoms with Crippen LogP contribution in [-0.4, -0.2) is 36.2 Å². The molecule has 0 unspecified atom stereocenters. The summed E-state index contributed by atoms with van der Waals surface area (Å²) >= 11 is 0. The monoisotopic (exact) mass is 344 g/mol. The summed E-state index contributed by atoms with van der Waals surface area (Å²) in [6.07, 6.45) is 2.06. The Balaban J connectivity index is 1.69. The minimum atomic E-state index is -0.0721. The summed E-state index contributed by atoms with van der Waals surface area (Å²) in [5, 5.41) is 3.98. The van der Waals surface area contributed by atoms with Crippen molar-refractivity contribution in [3.8, 4) is 11.5 Å². The molecule has 0 bridgehead atoms. The SMILES string of the molecule is COc1ccc(OCc2c(C(=O)N3CCC(C)CC3)noc2C)cc1. The van der Waals surface area contributed by atoms with Crippen LogP contribution >= 0.6 is 0 Å². The molecule has 2 aromatic rings. The lowest BCUT2D eigenvalue weighted by Gasteiger charge is -2.29. The van der Waals surface area contributed by atoms with Gasteiger partial charge in [0.15, 0.2) is 5.69 Å². The summed E-state index contributed by atoms with van der Waals surface area (Å²) in [6, 6.07) is 7.32. The van der Waals surface area contributed by atoms with Crippen molar-refractivity contribution in [2.45, 2.75) is 33.3 Å². The second-order valence-electron chi connectivity index (χ2n) is 6.50. The van der Waals surface area contributed by atoms with Crippen molar-refractivity contribution < 1.29 is 18.8 Å². The molecular weight excluding hydrogens is 320 g/mol. The lowest BCUT2D eigenvalue weighted by Crippen LogP contribution is -2.38. The molecule has 1 aromatic heterocycles. The van der Waals surface area contributed by atoms with Gasteiger partial charge in [0, 0.05) is 13.1 Å². The number of amides is 1. The summed E-state index contributed by atoms with van der Waals surface area (Å²) in [5.74, 6) is 2.68. The van der Waals surface area contributed by atoms with E-state index in [4.69, 9.17) is 14.0 Å². The van der Waals surface area contributed by atoms with Crippen LogP contribution in [0.1, 0.15) is 41.6 Å². The third kappa shape index (κ3) is 3.95. The zero-order valence-electron chi connectivity index (χ0n) is 14.9. The fourth-order valence-electron chi connectivity index (χ4n) is 2.92. The number of benzene rings is 1. The van der Waals surface area contributed by atoms with Crippen molar-refractivity contribution in [3.05, 3.63) is 41.3 Å². The number of hydrogen-bond acceptors (Lipinski definition) is 5. The van der Waals surface area contributed by atoms with Gasteiger partial charge in [0.25, 0.3) is 5.91 Å². The van der Waals surface area contributed by atoms with E-state index >= 15 is 0 Å². The lowest BCUT2D eigenvalue weighted by atomic mass is 9.99. The zero-order valence-corrected chi connectivity index (χ0v) is 14.9. The van der Waals surface area contributed by atoms with Crippen molar-refractivity contribution in [1.82, 2.24) is 10.1 Å². The number of methoxy groups -OCH3 is 1. The Morgan fingerprint density at radius 1 is 1.24 bits per heavy atom. The van der Waals surface area contributed by atoms with Crippen molar-refractivity contribution in [2.24, 2.45) is 5.92 Å². The number of rotatable bonds is 5. The predicted octanol–water partition coefficient (Wildman–Crippen LogP) is 3.44. The molecule has 1 amide bonds. The van der Waals surface area contributed by atoms with E-state index in [1.807, 2.05) is 29.2 Å². The topological polar surface area (TPSA) is 64.8 Å². The molecule has 6 nitrogen and oxygen atoms in total. The highest BCUT2D eigenvalue weighted by Gasteiger charge is 2.27. The molecule has 0 N–H and O–H groups in total. The maximum atomic E-state index is 12.8. The Hall–Kier alpha value is -2.50. The number of piperidine rings is 1. The number of likely N-dealkylation sites (tertiary alicyclic amines) is 1. The Bertz CT molecular complexity index is 716. The molecule has 0 aliphatic carbocycles. The Morgan fingerprint density at radius 2 is 1.88 bits per heavy atom. The highest BCUT2D eigenvalue weighted by atomic mass is 16.5. The smallest absolute Gasteiger partial charge is 0.276 e. The van der Waals surface area contributed by atoms with Gasteiger partial charge in [-0.05, 0) is 49.9 Å². The molecule has 2 heterocycles. The van der Waals surface area contributed by atoms with Gasteiger partial charge in [-0.3, -0.25) is 4.79 Å². The molecular formula is C19H24N2O4. The van der Waals surface area contributed by atoms with E-state index in [0.717, 1.165) is 31.7 Å². The predicted molar refractivity (Wildman–Crippen MR) is 92.9 cm³/mol. The van der Waals surface area contributed by atoms with Crippen LogP contribution in [0.5, 0.6) is 11.5 Å². The highest BCUT2D eigenvalue weighted by molar-refractivity contribution is 5.93. The molecule has 0 spiro atoms. The molecule has 134 valence electrons. The van der Waals surface area contributed by atoms with Gasteiger partial charge in [-0.2, -0.15) is 0 Å². The van der Waals surface area contributed by atoms with Crippen LogP contribution in [0.4, 0.5) is 0 Å². The fraction of sp³-hybridized carbons (Fsp3) is 0.474. The van der Waals surface area contributed by atoms with E-state index in [0.29, 0.717) is 28.7 Å². The Morgan fingerprint density at radius 3 is 2.52 bits per heavy atom. The molecule has 1 aromatic carbocycles. The zero-order chi connectivity index (χ0) is 17.8. The van der Waals surface area contributed by atoms with E-state index in [9.17, 15) is 4.79 Å². The molecule has 0 atom stereocenters. The van der Waals surface area contributed by atoms with Gasteiger partial charge in [-0.15, -0.1) is 0 Å². The van der Waals surface area contributed by atoms with Crippen molar-refractivity contribution in [1.29, 1.82) is 0 Å². The molecule has 6 heteroatoms. The number of aromatic nitrogens is 1. The first-order valence-corrected chi connectivity index (χ1v) is 8.59. The third-order valence-corrected chi connectivity index (χ3v) is 4.70. The second-order valence-corrected chi connectivity index (χ2v) is 6.50. The van der Waals surface area contributed by atoms with Crippen LogP contribution < -0.4 is 9.47 Å². The molecule has 1 saturated heterocycles. The quantitative estimate of drug-likeness (QED) is 0.831. The van der Waals surface area contributed by atoms with Gasteiger partial charge in [0.2, 0.25) is 0 Å². The van der Waals surface area contributed by atoms with Crippen LogP contribution in [0.25, 0.3) is 0 Å². The second kappa shape index (κ2) is 7.59. The van der Waals surface area contributed by atoms with Crippen LogP contribution in [0.15, 0.2) is 28.8 Å². The first-order chi connectivity index (χ1) is 12.1. The van der Waals surface area contributed by atoms with Crippen molar-refractivity contribution in [2.75, 3.05) is 20.2 Å². The van der Waals surface area contributed by atoms with Crippen LogP contribution in [0.3, 0.4) is 0 Å². The van der Waals surface area contributed by atoms with Crippen molar-refractivity contribution in [3.63, 3.8) is 0 Å². The first-order valence-electron chi connectivity index (χ1n) is 8.59. The molecule has 0 saturated carbocycles. The fourth-order valence-corrected chi connectivity index (χ4v) is 2.92. The van der Waals surface area contributed by atoms with Gasteiger partial charge >= 0.3 is 0 Å². The van der Waals surface area contributed by atoms with Gasteiger partial charge < -0.3 is 18.9 Å². The average molecular weight is 344 g/mol. The summed E-state index contributed by atoms with van der Waals surface area (Å²) in [6.45, 7) is 5.80. The van der Waals surface area contributed by atoms with Gasteiger partial charge in [-0.25, -0.2) is 0 Å². The highest BCUT2D eigenvalue weighted by Crippen LogP contribution is 2.23. The molecule has 1 aliphatic heterocycles. The average Bonchev–Trinajstić information content (AvgIpc) is 3.01. The number of aryl methyl sites for hydroxylation is 1. The van der Waals surface area contributed by atoms with Gasteiger partial charge in [0.1, 0.15) is 23.9 Å². The van der Waals surface area contributed by atoms with Gasteiger partial charge in [0.05, 0.1) is 12.7 Å². The number of hydrogen-bond donors (Lipinski definition) is 0. The third-order valence-electron chi connectivity index (χ3n) is 4.70. The van der Waals surface area contributed by atoms with E-state index in [1.165, 1.54) is 0 Å². The van der Waals surface area contributed by atoms with Gasteiger partial charge in [-0.1, -0.05) is 12.1 Å². The number of nitrogens with zero attached hydrogens (tertiary/aromatic N) is 2. The molecule has 3 rings (SSSR count). The Labute approximate surface area is 147 Å². The number of carbonyl (C=O) groups excluding carboxylic acids is 1. The Kier molecular flexibility index (Phi) is 5.26. The van der Waals surface area contributed by atoms with E-state index in [-0.39, 0.29) is 12.5 Å². The normalized spacial score (nSPS) is 15.2. The van der Waals surface area contributed by atoms with Crippen LogP contribution in [0, 0.1) is 12.8 Å². The maximum Gasteiger partial charge on any atom is 0.276 e. The largest absolute Gasteiger partial charge is 0.497 e.